The Hall–Kier alpha value is -2.08. The zero-order valence-corrected chi connectivity index (χ0v) is 13.4. The molecule has 0 spiro atoms. The van der Waals surface area contributed by atoms with Crippen LogP contribution in [0.4, 0.5) is 5.88 Å². The van der Waals surface area contributed by atoms with E-state index in [1.54, 1.807) is 17.4 Å². The molecule has 0 aliphatic carbocycles. The number of thiophene rings is 1. The Bertz CT molecular complexity index is 641. The number of anilines is 1. The van der Waals surface area contributed by atoms with Crippen molar-refractivity contribution in [2.45, 2.75) is 19.8 Å². The second-order valence-corrected chi connectivity index (χ2v) is 6.10. The lowest BCUT2D eigenvalue weighted by Gasteiger charge is -2.05. The van der Waals surface area contributed by atoms with E-state index in [4.69, 9.17) is 4.42 Å². The summed E-state index contributed by atoms with van der Waals surface area (Å²) in [5, 5.41) is 5.76. The number of carbonyl (C=O) groups is 1. The molecule has 0 radical (unpaired) electrons. The number of nitrogens with zero attached hydrogens (tertiary/aromatic N) is 2. The summed E-state index contributed by atoms with van der Waals surface area (Å²) in [6.45, 7) is 4.20. The zero-order valence-electron chi connectivity index (χ0n) is 12.6. The summed E-state index contributed by atoms with van der Waals surface area (Å²) in [7, 11) is 3.79. The lowest BCUT2D eigenvalue weighted by molar-refractivity contribution is 0.0955. The normalized spacial score (nSPS) is 11.3. The van der Waals surface area contributed by atoms with Gasteiger partial charge in [-0.1, -0.05) is 13.8 Å². The van der Waals surface area contributed by atoms with Gasteiger partial charge in [-0.2, -0.15) is 5.10 Å². The van der Waals surface area contributed by atoms with Gasteiger partial charge in [0.25, 0.3) is 5.91 Å². The molecule has 2 rings (SSSR count). The van der Waals surface area contributed by atoms with Gasteiger partial charge in [-0.25, -0.2) is 5.43 Å². The maximum absolute atomic E-state index is 11.9. The Morgan fingerprint density at radius 3 is 2.76 bits per heavy atom. The molecule has 2 aromatic rings. The first kappa shape index (κ1) is 15.3. The summed E-state index contributed by atoms with van der Waals surface area (Å²) < 4.78 is 5.50. The van der Waals surface area contributed by atoms with E-state index >= 15 is 0 Å². The van der Waals surface area contributed by atoms with E-state index in [1.165, 1.54) is 11.1 Å². The van der Waals surface area contributed by atoms with Gasteiger partial charge >= 0.3 is 0 Å². The minimum Gasteiger partial charge on any atom is -0.440 e. The number of rotatable bonds is 5. The first-order chi connectivity index (χ1) is 9.97. The maximum Gasteiger partial charge on any atom is 0.272 e. The third-order valence-electron chi connectivity index (χ3n) is 2.86. The van der Waals surface area contributed by atoms with Crippen molar-refractivity contribution >= 4 is 29.3 Å². The van der Waals surface area contributed by atoms with Crippen LogP contribution < -0.4 is 10.3 Å². The van der Waals surface area contributed by atoms with Crippen molar-refractivity contribution in [2.75, 3.05) is 19.0 Å². The molecule has 2 heterocycles. The molecule has 112 valence electrons. The molecule has 0 bridgehead atoms. The molecule has 0 aromatic carbocycles. The van der Waals surface area contributed by atoms with Crippen LogP contribution in [0, 0.1) is 0 Å². The molecule has 0 saturated heterocycles. The van der Waals surface area contributed by atoms with Crippen molar-refractivity contribution in [3.63, 3.8) is 0 Å². The van der Waals surface area contributed by atoms with Crippen molar-refractivity contribution in [2.24, 2.45) is 5.10 Å². The zero-order chi connectivity index (χ0) is 15.4. The monoisotopic (exact) mass is 305 g/mol. The fraction of sp³-hybridized carbons (Fsp3) is 0.333. The fourth-order valence-corrected chi connectivity index (χ4v) is 2.55. The van der Waals surface area contributed by atoms with Crippen molar-refractivity contribution in [3.05, 3.63) is 39.8 Å². The molecule has 5 nitrogen and oxygen atoms in total. The molecule has 21 heavy (non-hydrogen) atoms. The van der Waals surface area contributed by atoms with Crippen LogP contribution in [0.15, 0.2) is 33.1 Å². The second-order valence-electron chi connectivity index (χ2n) is 5.16. The Morgan fingerprint density at radius 1 is 1.43 bits per heavy atom. The number of amides is 1. The fourth-order valence-electron chi connectivity index (χ4n) is 1.65. The summed E-state index contributed by atoms with van der Waals surface area (Å²) in [6.07, 6.45) is 1.49. The third kappa shape index (κ3) is 3.95. The van der Waals surface area contributed by atoms with E-state index in [1.807, 2.05) is 36.5 Å². The molecule has 1 N–H and O–H groups in total. The van der Waals surface area contributed by atoms with Gasteiger partial charge in [0, 0.05) is 30.4 Å². The second kappa shape index (κ2) is 6.58. The van der Waals surface area contributed by atoms with Crippen LogP contribution in [0.2, 0.25) is 0 Å². The van der Waals surface area contributed by atoms with Gasteiger partial charge in [-0.05, 0) is 18.1 Å². The number of nitrogens with one attached hydrogen (secondary N) is 1. The Morgan fingerprint density at radius 2 is 2.19 bits per heavy atom. The van der Waals surface area contributed by atoms with E-state index in [2.05, 4.69) is 24.4 Å². The van der Waals surface area contributed by atoms with Gasteiger partial charge in [-0.15, -0.1) is 11.3 Å². The predicted octanol–water partition coefficient (Wildman–Crippen LogP) is 3.29. The van der Waals surface area contributed by atoms with E-state index in [9.17, 15) is 4.79 Å². The summed E-state index contributed by atoms with van der Waals surface area (Å²) in [5.74, 6) is 1.54. The molecule has 0 saturated carbocycles. The Balaban J connectivity index is 1.94. The summed E-state index contributed by atoms with van der Waals surface area (Å²) >= 11 is 1.59. The number of hydrazone groups is 1. The predicted molar refractivity (Wildman–Crippen MR) is 86.5 cm³/mol. The Labute approximate surface area is 128 Å². The highest BCUT2D eigenvalue weighted by molar-refractivity contribution is 7.10. The summed E-state index contributed by atoms with van der Waals surface area (Å²) in [5.41, 5.74) is 3.14. The van der Waals surface area contributed by atoms with Crippen LogP contribution in [0.5, 0.6) is 0 Å². The molecule has 0 aliphatic heterocycles. The van der Waals surface area contributed by atoms with Crippen molar-refractivity contribution < 1.29 is 9.21 Å². The molecular formula is C15H19N3O2S. The van der Waals surface area contributed by atoms with Crippen molar-refractivity contribution in [1.82, 2.24) is 5.43 Å². The minimum absolute atomic E-state index is 0.214. The van der Waals surface area contributed by atoms with Crippen LogP contribution in [-0.2, 0) is 0 Å². The van der Waals surface area contributed by atoms with Gasteiger partial charge in [0.1, 0.15) is 5.76 Å². The van der Waals surface area contributed by atoms with Crippen LogP contribution in [0.25, 0.3) is 0 Å². The highest BCUT2D eigenvalue weighted by Gasteiger charge is 2.09. The molecule has 0 atom stereocenters. The topological polar surface area (TPSA) is 57.8 Å². The third-order valence-corrected chi connectivity index (χ3v) is 4.10. The van der Waals surface area contributed by atoms with E-state index < -0.39 is 0 Å². The molecule has 0 fully saturated rings. The average Bonchev–Trinajstić information content (AvgIpc) is 3.07. The number of furan rings is 1. The first-order valence-electron chi connectivity index (χ1n) is 6.66. The molecule has 0 aliphatic rings. The number of hydrogen-bond donors (Lipinski definition) is 1. The van der Waals surface area contributed by atoms with Crippen molar-refractivity contribution in [3.8, 4) is 0 Å². The summed E-state index contributed by atoms with van der Waals surface area (Å²) in [4.78, 5) is 15.0. The van der Waals surface area contributed by atoms with E-state index in [0.717, 1.165) is 5.88 Å². The van der Waals surface area contributed by atoms with Gasteiger partial charge in [0.05, 0.1) is 11.8 Å². The highest BCUT2D eigenvalue weighted by Crippen LogP contribution is 2.23. The smallest absolute Gasteiger partial charge is 0.272 e. The SMILES string of the molecule is CC(C)c1cc(C(=O)NN=Cc2ccc(N(C)C)o2)cs1. The minimum atomic E-state index is -0.214. The summed E-state index contributed by atoms with van der Waals surface area (Å²) in [6, 6.07) is 5.54. The Kier molecular flexibility index (Phi) is 4.80. The number of carbonyl (C=O) groups excluding carboxylic acids is 1. The standard InChI is InChI=1S/C15H19N3O2S/c1-10(2)13-7-11(9-21-13)15(19)17-16-8-12-5-6-14(20-12)18(3)4/h5-10H,1-4H3,(H,17,19). The quantitative estimate of drug-likeness (QED) is 0.681. The van der Waals surface area contributed by atoms with Crippen LogP contribution >= 0.6 is 11.3 Å². The highest BCUT2D eigenvalue weighted by atomic mass is 32.1. The van der Waals surface area contributed by atoms with Gasteiger partial charge in [0.2, 0.25) is 0 Å². The van der Waals surface area contributed by atoms with Gasteiger partial charge < -0.3 is 9.32 Å². The molecular weight excluding hydrogens is 286 g/mol. The van der Waals surface area contributed by atoms with E-state index in [-0.39, 0.29) is 5.91 Å². The largest absolute Gasteiger partial charge is 0.440 e. The average molecular weight is 305 g/mol. The molecule has 0 unspecified atom stereocenters. The lowest BCUT2D eigenvalue weighted by Crippen LogP contribution is -2.16. The molecule has 6 heteroatoms. The maximum atomic E-state index is 11.9. The van der Waals surface area contributed by atoms with Crippen LogP contribution in [-0.4, -0.2) is 26.2 Å². The first-order valence-corrected chi connectivity index (χ1v) is 7.54. The van der Waals surface area contributed by atoms with Gasteiger partial charge in [-0.3, -0.25) is 4.79 Å². The number of hydrogen-bond acceptors (Lipinski definition) is 5. The van der Waals surface area contributed by atoms with Crippen molar-refractivity contribution in [1.29, 1.82) is 0 Å². The molecule has 2 aromatic heterocycles. The van der Waals surface area contributed by atoms with Crippen LogP contribution in [0.1, 0.15) is 40.8 Å². The lowest BCUT2D eigenvalue weighted by atomic mass is 10.1. The molecule has 1 amide bonds. The van der Waals surface area contributed by atoms with E-state index in [0.29, 0.717) is 17.2 Å². The van der Waals surface area contributed by atoms with Crippen LogP contribution in [0.3, 0.4) is 0 Å². The van der Waals surface area contributed by atoms with Gasteiger partial charge in [0.15, 0.2) is 5.88 Å².